The lowest BCUT2D eigenvalue weighted by atomic mass is 9.87. The average Bonchev–Trinajstić information content (AvgIpc) is 2.16. The van der Waals surface area contributed by atoms with E-state index in [0.717, 1.165) is 0 Å². The van der Waals surface area contributed by atoms with Crippen molar-refractivity contribution in [1.82, 2.24) is 5.32 Å². The summed E-state index contributed by atoms with van der Waals surface area (Å²) in [6.45, 7) is 5.59. The first-order chi connectivity index (χ1) is 6.82. The summed E-state index contributed by atoms with van der Waals surface area (Å²) in [4.78, 5) is 11.5. The van der Waals surface area contributed by atoms with Gasteiger partial charge in [-0.15, -0.1) is 12.4 Å². The highest BCUT2D eigenvalue weighted by atomic mass is 35.5. The van der Waals surface area contributed by atoms with Crippen LogP contribution in [-0.4, -0.2) is 41.9 Å². The van der Waals surface area contributed by atoms with E-state index in [2.05, 4.69) is 5.32 Å². The van der Waals surface area contributed by atoms with Crippen molar-refractivity contribution in [2.24, 2.45) is 17.1 Å². The number of carbonyl (C=O) groups is 1. The Labute approximate surface area is 103 Å². The molecule has 0 saturated heterocycles. The van der Waals surface area contributed by atoms with Gasteiger partial charge in [0.05, 0.1) is 6.04 Å². The number of hydrogen-bond acceptors (Lipinski definition) is 4. The summed E-state index contributed by atoms with van der Waals surface area (Å²) in [5, 5.41) is 20.2. The maximum Gasteiger partial charge on any atom is 0.237 e. The fourth-order valence-corrected chi connectivity index (χ4v) is 0.935. The molecule has 0 saturated carbocycles. The molecule has 0 unspecified atom stereocenters. The Hall–Kier alpha value is -0.360. The molecule has 0 fully saturated rings. The summed E-state index contributed by atoms with van der Waals surface area (Å²) in [5.74, 6) is -0.574. The van der Waals surface area contributed by atoms with E-state index in [9.17, 15) is 4.79 Å². The molecule has 0 aromatic heterocycles. The third kappa shape index (κ3) is 6.27. The highest BCUT2D eigenvalue weighted by Gasteiger charge is 2.27. The number of aliphatic hydroxyl groups is 2. The second-order valence-electron chi connectivity index (χ2n) is 4.82. The number of carbonyl (C=O) groups excluding carboxylic acids is 1. The third-order valence-corrected chi connectivity index (χ3v) is 2.30. The fourth-order valence-electron chi connectivity index (χ4n) is 0.935. The monoisotopic (exact) mass is 254 g/mol. The van der Waals surface area contributed by atoms with E-state index in [4.69, 9.17) is 15.9 Å². The zero-order valence-electron chi connectivity index (χ0n) is 10.1. The Bertz CT molecular complexity index is 203. The standard InChI is InChI=1S/C10H22N2O3.ClH/c1-10(2,3)8(11)9(15)12-4-7(5-13)6-14;/h7-8,13-14H,4-6,11H2,1-3H3,(H,12,15);1H/t8-;/m1./s1. The topological polar surface area (TPSA) is 95.6 Å². The lowest BCUT2D eigenvalue weighted by molar-refractivity contribution is -0.124. The lowest BCUT2D eigenvalue weighted by Crippen LogP contribution is -2.49. The van der Waals surface area contributed by atoms with Gasteiger partial charge in [-0.2, -0.15) is 0 Å². The van der Waals surface area contributed by atoms with Gasteiger partial charge >= 0.3 is 0 Å². The van der Waals surface area contributed by atoms with Crippen LogP contribution in [0.4, 0.5) is 0 Å². The van der Waals surface area contributed by atoms with E-state index in [1.54, 1.807) is 0 Å². The van der Waals surface area contributed by atoms with Gasteiger partial charge in [-0.3, -0.25) is 4.79 Å². The second kappa shape index (κ2) is 7.84. The van der Waals surface area contributed by atoms with Crippen molar-refractivity contribution in [2.45, 2.75) is 26.8 Å². The molecule has 1 atom stereocenters. The molecule has 0 aromatic rings. The van der Waals surface area contributed by atoms with Crippen molar-refractivity contribution in [3.8, 4) is 0 Å². The summed E-state index contributed by atoms with van der Waals surface area (Å²) >= 11 is 0. The van der Waals surface area contributed by atoms with E-state index >= 15 is 0 Å². The minimum atomic E-state index is -0.587. The maximum atomic E-state index is 11.5. The molecule has 5 nitrogen and oxygen atoms in total. The van der Waals surface area contributed by atoms with Crippen LogP contribution in [0.3, 0.4) is 0 Å². The van der Waals surface area contributed by atoms with Gasteiger partial charge in [0, 0.05) is 25.7 Å². The maximum absolute atomic E-state index is 11.5. The van der Waals surface area contributed by atoms with Crippen LogP contribution in [0.2, 0.25) is 0 Å². The van der Waals surface area contributed by atoms with Crippen molar-refractivity contribution < 1.29 is 15.0 Å². The molecule has 0 bridgehead atoms. The molecule has 6 heteroatoms. The van der Waals surface area contributed by atoms with Crippen molar-refractivity contribution in [3.63, 3.8) is 0 Å². The molecule has 0 aliphatic heterocycles. The largest absolute Gasteiger partial charge is 0.396 e. The molecule has 0 spiro atoms. The lowest BCUT2D eigenvalue weighted by Gasteiger charge is -2.26. The van der Waals surface area contributed by atoms with Gasteiger partial charge in [-0.1, -0.05) is 20.8 Å². The quantitative estimate of drug-likeness (QED) is 0.532. The van der Waals surface area contributed by atoms with Crippen molar-refractivity contribution in [1.29, 1.82) is 0 Å². The second-order valence-corrected chi connectivity index (χ2v) is 4.82. The van der Waals surface area contributed by atoms with Gasteiger partial charge in [0.1, 0.15) is 0 Å². The summed E-state index contributed by atoms with van der Waals surface area (Å²) in [6.07, 6.45) is 0. The Kier molecular flexibility index (Phi) is 8.83. The Morgan fingerprint density at radius 1 is 1.31 bits per heavy atom. The zero-order valence-corrected chi connectivity index (χ0v) is 10.9. The smallest absolute Gasteiger partial charge is 0.237 e. The molecule has 1 amide bonds. The first-order valence-corrected chi connectivity index (χ1v) is 5.08. The van der Waals surface area contributed by atoms with Crippen LogP contribution in [0.25, 0.3) is 0 Å². The highest BCUT2D eigenvalue weighted by molar-refractivity contribution is 5.85. The molecule has 98 valence electrons. The predicted octanol–water partition coefficient (Wildman–Crippen LogP) is -0.501. The van der Waals surface area contributed by atoms with Gasteiger partial charge in [-0.25, -0.2) is 0 Å². The summed E-state index contributed by atoms with van der Waals surface area (Å²) in [5.41, 5.74) is 5.43. The van der Waals surface area contributed by atoms with Crippen LogP contribution >= 0.6 is 12.4 Å². The molecular formula is C10H23ClN2O3. The number of rotatable bonds is 5. The normalized spacial score (nSPS) is 13.2. The fraction of sp³-hybridized carbons (Fsp3) is 0.900. The zero-order chi connectivity index (χ0) is 12.1. The summed E-state index contributed by atoms with van der Waals surface area (Å²) in [6, 6.07) is -0.587. The molecule has 0 aromatic carbocycles. The average molecular weight is 255 g/mol. The van der Waals surface area contributed by atoms with Crippen LogP contribution < -0.4 is 11.1 Å². The van der Waals surface area contributed by atoms with Crippen LogP contribution in [0.5, 0.6) is 0 Å². The molecule has 0 aliphatic carbocycles. The van der Waals surface area contributed by atoms with Gasteiger partial charge in [0.15, 0.2) is 0 Å². The molecule has 0 radical (unpaired) electrons. The Balaban J connectivity index is 0. The first kappa shape index (κ1) is 18.0. The van der Waals surface area contributed by atoms with Gasteiger partial charge in [-0.05, 0) is 5.41 Å². The minimum absolute atomic E-state index is 0. The summed E-state index contributed by atoms with van der Waals surface area (Å²) in [7, 11) is 0. The van der Waals surface area contributed by atoms with E-state index in [1.165, 1.54) is 0 Å². The molecule has 0 rings (SSSR count). The molecule has 0 aliphatic rings. The highest BCUT2D eigenvalue weighted by Crippen LogP contribution is 2.17. The van der Waals surface area contributed by atoms with Crippen molar-refractivity contribution in [3.05, 3.63) is 0 Å². The first-order valence-electron chi connectivity index (χ1n) is 5.08. The predicted molar refractivity (Wildman–Crippen MR) is 65.3 cm³/mol. The van der Waals surface area contributed by atoms with Gasteiger partial charge in [0.2, 0.25) is 5.91 Å². The Morgan fingerprint density at radius 2 is 1.75 bits per heavy atom. The van der Waals surface area contributed by atoms with E-state index in [-0.39, 0.29) is 49.4 Å². The van der Waals surface area contributed by atoms with Gasteiger partial charge in [0.25, 0.3) is 0 Å². The minimum Gasteiger partial charge on any atom is -0.396 e. The SMILES string of the molecule is CC(C)(C)[C@H](N)C(=O)NCC(CO)CO.Cl. The van der Waals surface area contributed by atoms with Crippen molar-refractivity contribution in [2.75, 3.05) is 19.8 Å². The van der Waals surface area contributed by atoms with Crippen LogP contribution in [0, 0.1) is 11.3 Å². The Morgan fingerprint density at radius 3 is 2.06 bits per heavy atom. The van der Waals surface area contributed by atoms with E-state index in [0.29, 0.717) is 0 Å². The summed E-state index contributed by atoms with van der Waals surface area (Å²) < 4.78 is 0. The molecule has 0 heterocycles. The van der Waals surface area contributed by atoms with Crippen molar-refractivity contribution >= 4 is 18.3 Å². The number of amides is 1. The number of nitrogens with two attached hydrogens (primary N) is 1. The molecule has 16 heavy (non-hydrogen) atoms. The number of halogens is 1. The van der Waals surface area contributed by atoms with Crippen LogP contribution in [-0.2, 0) is 4.79 Å². The molecular weight excluding hydrogens is 232 g/mol. The van der Waals surface area contributed by atoms with Crippen LogP contribution in [0.15, 0.2) is 0 Å². The third-order valence-electron chi connectivity index (χ3n) is 2.30. The number of aliphatic hydroxyl groups excluding tert-OH is 2. The van der Waals surface area contributed by atoms with E-state index in [1.807, 2.05) is 20.8 Å². The van der Waals surface area contributed by atoms with E-state index < -0.39 is 6.04 Å². The van der Waals surface area contributed by atoms with Gasteiger partial charge < -0.3 is 21.3 Å². The number of nitrogens with one attached hydrogen (secondary N) is 1. The molecule has 5 N–H and O–H groups in total. The van der Waals surface area contributed by atoms with Crippen LogP contribution in [0.1, 0.15) is 20.8 Å². The number of hydrogen-bond donors (Lipinski definition) is 4.